The average Bonchev–Trinajstić information content (AvgIpc) is 2.67. The van der Waals surface area contributed by atoms with E-state index in [1.54, 1.807) is 6.20 Å². The van der Waals surface area contributed by atoms with E-state index in [9.17, 15) is 0 Å². The minimum atomic E-state index is 0.597. The molecule has 1 aliphatic heterocycles. The van der Waals surface area contributed by atoms with Gasteiger partial charge in [-0.25, -0.2) is 9.97 Å². The third-order valence-corrected chi connectivity index (χ3v) is 4.98. The number of nitrogens with zero attached hydrogens (tertiary/aromatic N) is 3. The van der Waals surface area contributed by atoms with Crippen LogP contribution in [-0.2, 0) is 6.54 Å². The van der Waals surface area contributed by atoms with E-state index in [-0.39, 0.29) is 0 Å². The molecule has 1 fully saturated rings. The van der Waals surface area contributed by atoms with Crippen LogP contribution in [0.3, 0.4) is 0 Å². The number of pyridine rings is 2. The van der Waals surface area contributed by atoms with E-state index in [0.29, 0.717) is 12.5 Å². The average molecular weight is 318 g/mol. The number of hydrogen-bond donors (Lipinski definition) is 1. The quantitative estimate of drug-likeness (QED) is 0.803. The molecule has 0 saturated carbocycles. The first kappa shape index (κ1) is 15.1. The Balaban J connectivity index is 1.51. The van der Waals surface area contributed by atoms with E-state index in [1.165, 1.54) is 11.1 Å². The molecule has 1 aromatic carbocycles. The van der Waals surface area contributed by atoms with E-state index in [2.05, 4.69) is 52.3 Å². The van der Waals surface area contributed by atoms with Crippen LogP contribution < -0.4 is 10.6 Å². The standard InChI is InChI=1S/C20H22N4/c21-14-17-4-1-2-6-18(17)15-9-12-24(13-10-15)19-8-7-16-5-3-11-22-20(16)23-19/h1-8,11,15H,9-10,12-14,21H2. The summed E-state index contributed by atoms with van der Waals surface area (Å²) in [4.78, 5) is 11.5. The number of anilines is 1. The Morgan fingerprint density at radius 1 is 1.00 bits per heavy atom. The molecule has 4 rings (SSSR count). The summed E-state index contributed by atoms with van der Waals surface area (Å²) in [5, 5.41) is 1.09. The van der Waals surface area contributed by atoms with Crippen LogP contribution in [0.4, 0.5) is 5.82 Å². The summed E-state index contributed by atoms with van der Waals surface area (Å²) in [6.07, 6.45) is 4.08. The summed E-state index contributed by atoms with van der Waals surface area (Å²) in [7, 11) is 0. The molecule has 4 heteroatoms. The third-order valence-electron chi connectivity index (χ3n) is 4.98. The van der Waals surface area contributed by atoms with E-state index in [4.69, 9.17) is 10.7 Å². The van der Waals surface area contributed by atoms with Gasteiger partial charge in [0.25, 0.3) is 0 Å². The van der Waals surface area contributed by atoms with Crippen molar-refractivity contribution in [3.8, 4) is 0 Å². The fraction of sp³-hybridized carbons (Fsp3) is 0.300. The van der Waals surface area contributed by atoms with Crippen molar-refractivity contribution in [1.82, 2.24) is 9.97 Å². The van der Waals surface area contributed by atoms with Crippen molar-refractivity contribution >= 4 is 16.9 Å². The molecular formula is C20H22N4. The maximum atomic E-state index is 5.90. The molecule has 4 nitrogen and oxygen atoms in total. The van der Waals surface area contributed by atoms with Crippen molar-refractivity contribution in [2.45, 2.75) is 25.3 Å². The smallest absolute Gasteiger partial charge is 0.161 e. The van der Waals surface area contributed by atoms with Gasteiger partial charge >= 0.3 is 0 Å². The van der Waals surface area contributed by atoms with Gasteiger partial charge in [0.1, 0.15) is 5.82 Å². The monoisotopic (exact) mass is 318 g/mol. The number of piperidine rings is 1. The van der Waals surface area contributed by atoms with Gasteiger partial charge < -0.3 is 10.6 Å². The Morgan fingerprint density at radius 2 is 1.83 bits per heavy atom. The van der Waals surface area contributed by atoms with E-state index in [1.807, 2.05) is 6.07 Å². The van der Waals surface area contributed by atoms with Gasteiger partial charge in [0.15, 0.2) is 5.65 Å². The van der Waals surface area contributed by atoms with Crippen LogP contribution in [0.5, 0.6) is 0 Å². The fourth-order valence-corrected chi connectivity index (χ4v) is 3.66. The molecule has 0 spiro atoms. The number of aromatic nitrogens is 2. The van der Waals surface area contributed by atoms with Crippen LogP contribution in [0, 0.1) is 0 Å². The first-order chi connectivity index (χ1) is 11.8. The molecule has 3 heterocycles. The Kier molecular flexibility index (Phi) is 4.13. The van der Waals surface area contributed by atoms with E-state index in [0.717, 1.165) is 42.8 Å². The molecule has 1 aliphatic rings. The fourth-order valence-electron chi connectivity index (χ4n) is 3.66. The zero-order chi connectivity index (χ0) is 16.4. The second-order valence-corrected chi connectivity index (χ2v) is 6.38. The maximum Gasteiger partial charge on any atom is 0.161 e. The summed E-state index contributed by atoms with van der Waals surface area (Å²) in [6, 6.07) is 16.8. The SMILES string of the molecule is NCc1ccccc1C1CCN(c2ccc3cccnc3n2)CC1. The molecule has 0 bridgehead atoms. The highest BCUT2D eigenvalue weighted by Gasteiger charge is 2.23. The van der Waals surface area contributed by atoms with Crippen molar-refractivity contribution in [1.29, 1.82) is 0 Å². The predicted molar refractivity (Wildman–Crippen MR) is 98.1 cm³/mol. The van der Waals surface area contributed by atoms with Crippen LogP contribution in [-0.4, -0.2) is 23.1 Å². The van der Waals surface area contributed by atoms with Crippen molar-refractivity contribution in [3.05, 3.63) is 65.9 Å². The van der Waals surface area contributed by atoms with Crippen LogP contribution in [0.25, 0.3) is 11.0 Å². The molecule has 3 aromatic rings. The molecule has 2 aromatic heterocycles. The number of rotatable bonds is 3. The lowest BCUT2D eigenvalue weighted by molar-refractivity contribution is 0.500. The van der Waals surface area contributed by atoms with Gasteiger partial charge in [-0.1, -0.05) is 24.3 Å². The lowest BCUT2D eigenvalue weighted by Crippen LogP contribution is -2.33. The Labute approximate surface area is 142 Å². The molecule has 0 radical (unpaired) electrons. The topological polar surface area (TPSA) is 55.0 Å². The minimum Gasteiger partial charge on any atom is -0.357 e. The zero-order valence-electron chi connectivity index (χ0n) is 13.7. The van der Waals surface area contributed by atoms with Crippen molar-refractivity contribution in [2.75, 3.05) is 18.0 Å². The summed E-state index contributed by atoms with van der Waals surface area (Å²) in [6.45, 7) is 2.66. The van der Waals surface area contributed by atoms with Crippen molar-refractivity contribution < 1.29 is 0 Å². The highest BCUT2D eigenvalue weighted by molar-refractivity contribution is 5.76. The highest BCUT2D eigenvalue weighted by Crippen LogP contribution is 2.32. The van der Waals surface area contributed by atoms with Crippen LogP contribution in [0.2, 0.25) is 0 Å². The lowest BCUT2D eigenvalue weighted by Gasteiger charge is -2.33. The molecule has 0 amide bonds. The largest absolute Gasteiger partial charge is 0.357 e. The summed E-state index contributed by atoms with van der Waals surface area (Å²) in [5.74, 6) is 1.63. The normalized spacial score (nSPS) is 15.8. The van der Waals surface area contributed by atoms with Gasteiger partial charge in [0, 0.05) is 31.2 Å². The van der Waals surface area contributed by atoms with Crippen LogP contribution >= 0.6 is 0 Å². The molecule has 1 saturated heterocycles. The molecule has 0 atom stereocenters. The van der Waals surface area contributed by atoms with Gasteiger partial charge in [-0.05, 0) is 54.2 Å². The Bertz CT molecular complexity index is 838. The number of fused-ring (bicyclic) bond motifs is 1. The van der Waals surface area contributed by atoms with E-state index < -0.39 is 0 Å². The number of nitrogens with two attached hydrogens (primary N) is 1. The molecule has 2 N–H and O–H groups in total. The minimum absolute atomic E-state index is 0.597. The molecule has 0 aliphatic carbocycles. The van der Waals surface area contributed by atoms with Crippen LogP contribution in [0.15, 0.2) is 54.7 Å². The Morgan fingerprint density at radius 3 is 2.67 bits per heavy atom. The molecular weight excluding hydrogens is 296 g/mol. The molecule has 122 valence electrons. The highest BCUT2D eigenvalue weighted by atomic mass is 15.2. The molecule has 0 unspecified atom stereocenters. The van der Waals surface area contributed by atoms with Crippen molar-refractivity contribution in [3.63, 3.8) is 0 Å². The van der Waals surface area contributed by atoms with Gasteiger partial charge in [0.05, 0.1) is 0 Å². The Hall–Kier alpha value is -2.46. The second-order valence-electron chi connectivity index (χ2n) is 6.38. The number of benzene rings is 1. The summed E-state index contributed by atoms with van der Waals surface area (Å²) in [5.41, 5.74) is 9.43. The van der Waals surface area contributed by atoms with E-state index >= 15 is 0 Å². The first-order valence-corrected chi connectivity index (χ1v) is 8.60. The zero-order valence-corrected chi connectivity index (χ0v) is 13.7. The summed E-state index contributed by atoms with van der Waals surface area (Å²) >= 11 is 0. The van der Waals surface area contributed by atoms with Gasteiger partial charge in [-0.2, -0.15) is 0 Å². The summed E-state index contributed by atoms with van der Waals surface area (Å²) < 4.78 is 0. The van der Waals surface area contributed by atoms with Crippen molar-refractivity contribution in [2.24, 2.45) is 5.73 Å². The second kappa shape index (κ2) is 6.57. The van der Waals surface area contributed by atoms with Gasteiger partial charge in [0.2, 0.25) is 0 Å². The van der Waals surface area contributed by atoms with Crippen LogP contribution in [0.1, 0.15) is 29.9 Å². The number of hydrogen-bond acceptors (Lipinski definition) is 4. The third kappa shape index (κ3) is 2.85. The lowest BCUT2D eigenvalue weighted by atomic mass is 9.86. The molecule has 24 heavy (non-hydrogen) atoms. The first-order valence-electron chi connectivity index (χ1n) is 8.60. The predicted octanol–water partition coefficient (Wildman–Crippen LogP) is 3.47. The van der Waals surface area contributed by atoms with Gasteiger partial charge in [-0.15, -0.1) is 0 Å². The van der Waals surface area contributed by atoms with Gasteiger partial charge in [-0.3, -0.25) is 0 Å². The maximum absolute atomic E-state index is 5.90.